The average Bonchev–Trinajstić information content (AvgIpc) is 3.23. The molecule has 2 nitrogen and oxygen atoms in total. The molecule has 138 valence electrons. The summed E-state index contributed by atoms with van der Waals surface area (Å²) in [4.78, 5) is 8.96. The van der Waals surface area contributed by atoms with Crippen LogP contribution in [0, 0.1) is 0 Å². The molecule has 5 rings (SSSR count). The molecule has 4 aromatic rings. The van der Waals surface area contributed by atoms with Gasteiger partial charge in [0.05, 0.1) is 5.04 Å². The summed E-state index contributed by atoms with van der Waals surface area (Å²) in [7, 11) is -0.0751. The highest BCUT2D eigenvalue weighted by atomic mass is 28.2. The molecule has 0 saturated carbocycles. The van der Waals surface area contributed by atoms with E-state index >= 15 is 0 Å². The summed E-state index contributed by atoms with van der Waals surface area (Å²) in [5.74, 6) is 0. The van der Waals surface area contributed by atoms with Crippen molar-refractivity contribution >= 4 is 25.9 Å². The van der Waals surface area contributed by atoms with Crippen LogP contribution in [0.4, 0.5) is 0 Å². The fourth-order valence-electron chi connectivity index (χ4n) is 4.27. The van der Waals surface area contributed by atoms with Crippen molar-refractivity contribution < 1.29 is 0 Å². The second kappa shape index (κ2) is 7.53. The number of hydrogen-bond acceptors (Lipinski definition) is 2. The lowest BCUT2D eigenvalue weighted by molar-refractivity contribution is 0.922. The first-order valence-electron chi connectivity index (χ1n) is 9.75. The van der Waals surface area contributed by atoms with Crippen LogP contribution >= 0.6 is 0 Å². The van der Waals surface area contributed by atoms with Crippen LogP contribution in [0.3, 0.4) is 0 Å². The maximum Gasteiger partial charge on any atom is 0.0530 e. The molecule has 0 N–H and O–H groups in total. The molecule has 3 heterocycles. The molecule has 2 aromatic carbocycles. The van der Waals surface area contributed by atoms with Gasteiger partial charge in [0.15, 0.2) is 0 Å². The fraction of sp³-hybridized carbons (Fsp3) is 0.0385. The third-order valence-electron chi connectivity index (χ3n) is 5.54. The van der Waals surface area contributed by atoms with E-state index in [2.05, 4.69) is 88.4 Å². The zero-order valence-electron chi connectivity index (χ0n) is 15.9. The first kappa shape index (κ1) is 17.7. The molecule has 0 unspecified atom stereocenters. The van der Waals surface area contributed by atoms with Crippen LogP contribution in [0.2, 0.25) is 0 Å². The lowest BCUT2D eigenvalue weighted by Crippen LogP contribution is -2.31. The summed E-state index contributed by atoms with van der Waals surface area (Å²) in [6, 6.07) is 30.0. The SMILES string of the molecule is C1=[SiH]C(c2cccnc2)(c2cccnc2)C(c2ccccc2)=C1c1ccccc1. The van der Waals surface area contributed by atoms with E-state index < -0.39 is 0 Å². The van der Waals surface area contributed by atoms with Crippen molar-refractivity contribution in [1.82, 2.24) is 9.97 Å². The third kappa shape index (κ3) is 3.00. The summed E-state index contributed by atoms with van der Waals surface area (Å²) in [5, 5.41) is -0.241. The average molecular weight is 389 g/mol. The third-order valence-corrected chi connectivity index (χ3v) is 7.50. The zero-order chi connectivity index (χ0) is 19.5. The van der Waals surface area contributed by atoms with E-state index in [9.17, 15) is 0 Å². The molecule has 0 spiro atoms. The predicted molar refractivity (Wildman–Crippen MR) is 122 cm³/mol. The number of nitrogens with zero attached hydrogens (tertiary/aromatic N) is 2. The van der Waals surface area contributed by atoms with Crippen molar-refractivity contribution in [1.29, 1.82) is 0 Å². The van der Waals surface area contributed by atoms with E-state index in [0.29, 0.717) is 0 Å². The van der Waals surface area contributed by atoms with E-state index in [-0.39, 0.29) is 14.2 Å². The molecule has 0 fully saturated rings. The molecule has 0 aliphatic carbocycles. The Hall–Kier alpha value is -3.43. The van der Waals surface area contributed by atoms with Gasteiger partial charge in [0, 0.05) is 33.9 Å². The minimum Gasteiger partial charge on any atom is -0.264 e. The molecule has 0 atom stereocenters. The largest absolute Gasteiger partial charge is 0.264 e. The van der Waals surface area contributed by atoms with Crippen LogP contribution in [-0.2, 0) is 5.04 Å². The second-order valence-corrected chi connectivity index (χ2v) is 8.68. The van der Waals surface area contributed by atoms with Crippen LogP contribution < -0.4 is 0 Å². The molecule has 2 aromatic heterocycles. The van der Waals surface area contributed by atoms with Crippen molar-refractivity contribution in [2.75, 3.05) is 0 Å². The van der Waals surface area contributed by atoms with Gasteiger partial charge in [0.25, 0.3) is 0 Å². The van der Waals surface area contributed by atoms with Crippen molar-refractivity contribution in [3.05, 3.63) is 132 Å². The molecule has 29 heavy (non-hydrogen) atoms. The summed E-state index contributed by atoms with van der Waals surface area (Å²) in [6.07, 6.45) is 7.73. The Kier molecular flexibility index (Phi) is 4.58. The van der Waals surface area contributed by atoms with Crippen LogP contribution in [0.1, 0.15) is 22.3 Å². The van der Waals surface area contributed by atoms with Crippen LogP contribution in [0.5, 0.6) is 0 Å². The minimum atomic E-state index is -0.241. The van der Waals surface area contributed by atoms with E-state index in [1.807, 2.05) is 36.9 Å². The lowest BCUT2D eigenvalue weighted by atomic mass is 9.78. The van der Waals surface area contributed by atoms with Gasteiger partial charge in [-0.1, -0.05) is 78.5 Å². The zero-order valence-corrected chi connectivity index (χ0v) is 17.1. The minimum absolute atomic E-state index is 0.0751. The Morgan fingerprint density at radius 2 is 1.14 bits per heavy atom. The molecule has 0 amide bonds. The topological polar surface area (TPSA) is 25.8 Å². The first-order valence-corrected chi connectivity index (χ1v) is 11.0. The maximum atomic E-state index is 4.48. The second-order valence-electron chi connectivity index (χ2n) is 7.15. The highest BCUT2D eigenvalue weighted by Crippen LogP contribution is 2.47. The van der Waals surface area contributed by atoms with Gasteiger partial charge in [-0.3, -0.25) is 9.97 Å². The summed E-state index contributed by atoms with van der Waals surface area (Å²) < 4.78 is 0. The summed E-state index contributed by atoms with van der Waals surface area (Å²) >= 11 is 0. The maximum absolute atomic E-state index is 4.48. The summed E-state index contributed by atoms with van der Waals surface area (Å²) in [5.41, 5.74) is 10.1. The van der Waals surface area contributed by atoms with Gasteiger partial charge in [0.2, 0.25) is 0 Å². The first-order chi connectivity index (χ1) is 14.4. The monoisotopic (exact) mass is 388 g/mol. The quantitative estimate of drug-likeness (QED) is 0.478. The number of allylic oxidation sites excluding steroid dienone is 2. The smallest absolute Gasteiger partial charge is 0.0530 e. The number of rotatable bonds is 4. The molecule has 0 bridgehead atoms. The van der Waals surface area contributed by atoms with Crippen LogP contribution in [-0.4, -0.2) is 24.8 Å². The van der Waals surface area contributed by atoms with Gasteiger partial charge in [-0.05, 0) is 45.5 Å². The molecular formula is C26H20N2Si. The Balaban J connectivity index is 1.88. The van der Waals surface area contributed by atoms with Gasteiger partial charge in [-0.25, -0.2) is 0 Å². The van der Waals surface area contributed by atoms with Crippen LogP contribution in [0.25, 0.3) is 11.1 Å². The Labute approximate surface area is 173 Å². The molecule has 0 radical (unpaired) electrons. The standard InChI is InChI=1S/C26H20N2Si/c1-3-9-20(10-4-1)24-19-29-26(22-13-7-15-27-17-22,23-14-8-16-28-18-23)25(24)21-11-5-2-6-12-21/h1-19,29H. The van der Waals surface area contributed by atoms with Gasteiger partial charge in [-0.15, -0.1) is 0 Å². The number of hydrogen-bond donors (Lipinski definition) is 0. The molecule has 1 aliphatic rings. The van der Waals surface area contributed by atoms with E-state index in [1.54, 1.807) is 0 Å². The van der Waals surface area contributed by atoms with Crippen molar-refractivity contribution in [2.24, 2.45) is 0 Å². The summed E-state index contributed by atoms with van der Waals surface area (Å²) in [6.45, 7) is 0. The van der Waals surface area contributed by atoms with Gasteiger partial charge in [-0.2, -0.15) is 0 Å². The highest BCUT2D eigenvalue weighted by Gasteiger charge is 2.41. The number of pyridine rings is 2. The normalized spacial score (nSPS) is 14.9. The highest BCUT2D eigenvalue weighted by molar-refractivity contribution is 6.68. The Bertz CT molecular complexity index is 1130. The lowest BCUT2D eigenvalue weighted by Gasteiger charge is -2.33. The van der Waals surface area contributed by atoms with E-state index in [0.717, 1.165) is 0 Å². The Morgan fingerprint density at radius 3 is 1.66 bits per heavy atom. The molecule has 3 heteroatoms. The molecular weight excluding hydrogens is 368 g/mol. The van der Waals surface area contributed by atoms with Crippen molar-refractivity contribution in [3.8, 4) is 0 Å². The Morgan fingerprint density at radius 1 is 0.586 bits per heavy atom. The number of benzene rings is 2. The van der Waals surface area contributed by atoms with E-state index in [1.165, 1.54) is 33.4 Å². The van der Waals surface area contributed by atoms with E-state index in [4.69, 9.17) is 0 Å². The molecule has 1 aliphatic heterocycles. The molecule has 0 saturated heterocycles. The van der Waals surface area contributed by atoms with Gasteiger partial charge < -0.3 is 0 Å². The van der Waals surface area contributed by atoms with Gasteiger partial charge >= 0.3 is 0 Å². The van der Waals surface area contributed by atoms with Crippen LogP contribution in [0.15, 0.2) is 110 Å². The van der Waals surface area contributed by atoms with Crippen molar-refractivity contribution in [3.63, 3.8) is 0 Å². The predicted octanol–water partition coefficient (Wildman–Crippen LogP) is 4.58. The van der Waals surface area contributed by atoms with Gasteiger partial charge in [0.1, 0.15) is 0 Å². The number of aromatic nitrogens is 2. The fourth-order valence-corrected chi connectivity index (χ4v) is 6.26. The van der Waals surface area contributed by atoms with Crippen molar-refractivity contribution in [2.45, 2.75) is 5.04 Å².